The third-order valence-electron chi connectivity index (χ3n) is 10.5. The normalized spacial score (nSPS) is 11.6. The Morgan fingerprint density at radius 3 is 1.46 bits per heavy atom. The number of para-hydroxylation sites is 2. The molecule has 0 saturated heterocycles. The van der Waals surface area contributed by atoms with Gasteiger partial charge in [0, 0.05) is 43.8 Å². The van der Waals surface area contributed by atoms with Gasteiger partial charge in [0.05, 0.1) is 0 Å². The van der Waals surface area contributed by atoms with Gasteiger partial charge in [-0.25, -0.2) is 15.0 Å². The molecule has 0 N–H and O–H groups in total. The number of rotatable bonds is 6. The molecule has 262 valence electrons. The molecule has 0 saturated carbocycles. The predicted octanol–water partition coefficient (Wildman–Crippen LogP) is 13.7. The Labute approximate surface area is 322 Å². The summed E-state index contributed by atoms with van der Waals surface area (Å²) in [5.74, 6) is 1.75. The monoisotopic (exact) mass is 717 g/mol. The highest BCUT2D eigenvalue weighted by Gasteiger charge is 2.22. The van der Waals surface area contributed by atoms with E-state index in [9.17, 15) is 0 Å². The van der Waals surface area contributed by atoms with Crippen LogP contribution in [0.2, 0.25) is 0 Å². The molecule has 0 aliphatic carbocycles. The smallest absolute Gasteiger partial charge is 0.164 e. The van der Waals surface area contributed by atoms with E-state index < -0.39 is 0 Å². The number of furan rings is 2. The number of fused-ring (bicyclic) bond motifs is 6. The van der Waals surface area contributed by atoms with Gasteiger partial charge >= 0.3 is 0 Å². The van der Waals surface area contributed by atoms with E-state index in [1.165, 1.54) is 0 Å². The number of hydrogen-bond donors (Lipinski definition) is 0. The molecule has 5 nitrogen and oxygen atoms in total. The fraction of sp³-hybridized carbons (Fsp3) is 0. The number of hydrogen-bond acceptors (Lipinski definition) is 5. The first-order valence-electron chi connectivity index (χ1n) is 18.7. The van der Waals surface area contributed by atoms with Gasteiger partial charge < -0.3 is 8.83 Å². The maximum atomic E-state index is 6.73. The van der Waals surface area contributed by atoms with Gasteiger partial charge in [-0.1, -0.05) is 133 Å². The summed E-state index contributed by atoms with van der Waals surface area (Å²) in [7, 11) is 0. The molecule has 0 radical (unpaired) electrons. The van der Waals surface area contributed by atoms with E-state index in [-0.39, 0.29) is 0 Å². The molecule has 0 aliphatic rings. The first kappa shape index (κ1) is 31.9. The average Bonchev–Trinajstić information content (AvgIpc) is 3.85. The highest BCUT2D eigenvalue weighted by atomic mass is 16.3. The second kappa shape index (κ2) is 13.0. The van der Waals surface area contributed by atoms with Crippen LogP contribution in [0.5, 0.6) is 0 Å². The second-order valence-electron chi connectivity index (χ2n) is 14.0. The summed E-state index contributed by atoms with van der Waals surface area (Å²) in [5, 5.41) is 4.12. The number of aromatic nitrogens is 3. The van der Waals surface area contributed by atoms with Gasteiger partial charge in [0.1, 0.15) is 22.3 Å². The molecule has 3 heterocycles. The van der Waals surface area contributed by atoms with Gasteiger partial charge in [-0.3, -0.25) is 0 Å². The highest BCUT2D eigenvalue weighted by molar-refractivity contribution is 6.16. The molecular weight excluding hydrogens is 687 g/mol. The van der Waals surface area contributed by atoms with Gasteiger partial charge in [-0.2, -0.15) is 0 Å². The van der Waals surface area contributed by atoms with Crippen molar-refractivity contribution >= 4 is 43.9 Å². The standard InChI is InChI=1S/C51H31N3O2/c1-4-14-32(15-5-1)36-28-37(33-16-6-2-7-17-33)30-38(29-36)50-52-49(34-18-8-3-9-19-34)53-51(54-50)43-27-26-39(48-47(43)42-21-11-13-23-45(42)56-48)35-24-25-41-40-20-10-12-22-44(40)55-46(41)31-35/h1-31H. The molecular formula is C51H31N3O2. The molecule has 56 heavy (non-hydrogen) atoms. The van der Waals surface area contributed by atoms with Crippen LogP contribution in [0.15, 0.2) is 197 Å². The van der Waals surface area contributed by atoms with Crippen LogP contribution < -0.4 is 0 Å². The highest BCUT2D eigenvalue weighted by Crippen LogP contribution is 2.43. The lowest BCUT2D eigenvalue weighted by Crippen LogP contribution is -2.01. The van der Waals surface area contributed by atoms with Crippen LogP contribution in [0.1, 0.15) is 0 Å². The van der Waals surface area contributed by atoms with Gasteiger partial charge in [-0.15, -0.1) is 0 Å². The van der Waals surface area contributed by atoms with Gasteiger partial charge in [0.2, 0.25) is 0 Å². The number of nitrogens with zero attached hydrogens (tertiary/aromatic N) is 3. The molecule has 5 heteroatoms. The third kappa shape index (κ3) is 5.45. The summed E-state index contributed by atoms with van der Waals surface area (Å²) in [6.45, 7) is 0. The average molecular weight is 718 g/mol. The van der Waals surface area contributed by atoms with E-state index in [0.717, 1.165) is 93.9 Å². The van der Waals surface area contributed by atoms with E-state index in [2.05, 4.69) is 109 Å². The van der Waals surface area contributed by atoms with Crippen LogP contribution in [0, 0.1) is 0 Å². The molecule has 0 spiro atoms. The molecule has 0 aliphatic heterocycles. The van der Waals surface area contributed by atoms with Crippen LogP contribution in [0.25, 0.3) is 111 Å². The summed E-state index contributed by atoms with van der Waals surface area (Å²) >= 11 is 0. The van der Waals surface area contributed by atoms with Gasteiger partial charge in [-0.05, 0) is 82.4 Å². The van der Waals surface area contributed by atoms with Crippen molar-refractivity contribution in [2.75, 3.05) is 0 Å². The van der Waals surface area contributed by atoms with Crippen LogP contribution >= 0.6 is 0 Å². The van der Waals surface area contributed by atoms with Crippen molar-refractivity contribution in [1.82, 2.24) is 15.0 Å². The minimum absolute atomic E-state index is 0.566. The molecule has 3 aromatic heterocycles. The van der Waals surface area contributed by atoms with Crippen molar-refractivity contribution in [1.29, 1.82) is 0 Å². The Hall–Kier alpha value is -7.63. The van der Waals surface area contributed by atoms with Crippen LogP contribution in [-0.4, -0.2) is 15.0 Å². The minimum atomic E-state index is 0.566. The van der Waals surface area contributed by atoms with E-state index in [1.807, 2.05) is 78.9 Å². The zero-order chi connectivity index (χ0) is 37.0. The Bertz CT molecular complexity index is 3180. The summed E-state index contributed by atoms with van der Waals surface area (Å²) < 4.78 is 13.0. The van der Waals surface area contributed by atoms with Crippen LogP contribution in [0.4, 0.5) is 0 Å². The van der Waals surface area contributed by atoms with Crippen LogP contribution in [0.3, 0.4) is 0 Å². The van der Waals surface area contributed by atoms with Gasteiger partial charge in [0.15, 0.2) is 17.5 Å². The van der Waals surface area contributed by atoms with Crippen LogP contribution in [-0.2, 0) is 0 Å². The molecule has 11 aromatic rings. The lowest BCUT2D eigenvalue weighted by Gasteiger charge is -2.13. The summed E-state index contributed by atoms with van der Waals surface area (Å²) in [5.41, 5.74) is 12.3. The first-order valence-corrected chi connectivity index (χ1v) is 18.7. The van der Waals surface area contributed by atoms with E-state index in [0.29, 0.717) is 17.5 Å². The zero-order valence-corrected chi connectivity index (χ0v) is 30.1. The van der Waals surface area contributed by atoms with Crippen molar-refractivity contribution < 1.29 is 8.83 Å². The van der Waals surface area contributed by atoms with Crippen molar-refractivity contribution in [3.8, 4) is 67.5 Å². The minimum Gasteiger partial charge on any atom is -0.456 e. The molecule has 0 bridgehead atoms. The molecule has 0 amide bonds. The Balaban J connectivity index is 1.15. The molecule has 0 atom stereocenters. The third-order valence-corrected chi connectivity index (χ3v) is 10.5. The molecule has 0 fully saturated rings. The topological polar surface area (TPSA) is 65.0 Å². The summed E-state index contributed by atoms with van der Waals surface area (Å²) in [6.07, 6.45) is 0. The maximum Gasteiger partial charge on any atom is 0.164 e. The first-order chi connectivity index (χ1) is 27.7. The summed E-state index contributed by atoms with van der Waals surface area (Å²) in [4.78, 5) is 15.6. The Morgan fingerprint density at radius 1 is 0.286 bits per heavy atom. The second-order valence-corrected chi connectivity index (χ2v) is 14.0. The molecule has 0 unspecified atom stereocenters. The van der Waals surface area contributed by atoms with E-state index in [4.69, 9.17) is 23.8 Å². The molecule has 11 rings (SSSR count). The Morgan fingerprint density at radius 2 is 0.786 bits per heavy atom. The zero-order valence-electron chi connectivity index (χ0n) is 30.1. The van der Waals surface area contributed by atoms with E-state index >= 15 is 0 Å². The lowest BCUT2D eigenvalue weighted by molar-refractivity contribution is 0.668. The van der Waals surface area contributed by atoms with E-state index in [1.54, 1.807) is 0 Å². The van der Waals surface area contributed by atoms with Crippen molar-refractivity contribution in [3.05, 3.63) is 188 Å². The SMILES string of the molecule is c1ccc(-c2cc(-c3ccccc3)cc(-c3nc(-c4ccccc4)nc(-c4ccc(-c5ccc6c(c5)oc5ccccc56)c5oc6ccccc6c45)n3)c2)cc1. The largest absolute Gasteiger partial charge is 0.456 e. The van der Waals surface area contributed by atoms with Crippen molar-refractivity contribution in [2.45, 2.75) is 0 Å². The summed E-state index contributed by atoms with van der Waals surface area (Å²) in [6, 6.07) is 64.5. The lowest BCUT2D eigenvalue weighted by atomic mass is 9.95. The maximum absolute atomic E-state index is 6.73. The van der Waals surface area contributed by atoms with Crippen molar-refractivity contribution in [2.24, 2.45) is 0 Å². The van der Waals surface area contributed by atoms with Crippen molar-refractivity contribution in [3.63, 3.8) is 0 Å². The fourth-order valence-corrected chi connectivity index (χ4v) is 7.83. The fourth-order valence-electron chi connectivity index (χ4n) is 7.83. The van der Waals surface area contributed by atoms with Gasteiger partial charge in [0.25, 0.3) is 0 Å². The molecule has 8 aromatic carbocycles. The Kier molecular flexibility index (Phi) is 7.42. The number of benzene rings is 8. The quantitative estimate of drug-likeness (QED) is 0.171. The predicted molar refractivity (Wildman–Crippen MR) is 227 cm³/mol.